The Hall–Kier alpha value is -17.5. The Morgan fingerprint density at radius 1 is 0.415 bits per heavy atom. The lowest BCUT2D eigenvalue weighted by Gasteiger charge is -2.31. The molecule has 9 aromatic carbocycles. The Balaban J connectivity index is 0.000000120. The van der Waals surface area contributed by atoms with E-state index in [0.29, 0.717) is 111 Å². The number of nitrogens with zero attached hydrogens (tertiary/aromatic N) is 9. The third-order valence-electron chi connectivity index (χ3n) is 24.9. The highest BCUT2D eigenvalue weighted by molar-refractivity contribution is 7.21. The van der Waals surface area contributed by atoms with Gasteiger partial charge in [-0.3, -0.25) is 69.6 Å². The van der Waals surface area contributed by atoms with E-state index in [1.54, 1.807) is 180 Å². The van der Waals surface area contributed by atoms with Gasteiger partial charge in [0.05, 0.1) is 87.3 Å². The van der Waals surface area contributed by atoms with E-state index in [1.165, 1.54) is 20.4 Å². The Labute approximate surface area is 773 Å². The Morgan fingerprint density at radius 2 is 0.778 bits per heavy atom. The molecule has 4 atom stereocenters. The summed E-state index contributed by atoms with van der Waals surface area (Å²) in [5.74, 6) is -0.412. The lowest BCUT2D eigenvalue weighted by atomic mass is 9.88. The van der Waals surface area contributed by atoms with Gasteiger partial charge in [-0.25, -0.2) is 24.2 Å². The minimum Gasteiger partial charge on any atom is -0.497 e. The number of nitrogen functional groups attached to an aromatic ring is 1. The molecule has 4 aromatic heterocycles. The molecule has 0 saturated carbocycles. The summed E-state index contributed by atoms with van der Waals surface area (Å²) in [6.07, 6.45) is 4.91. The normalized spacial score (nSPS) is 19.2. The lowest BCUT2D eigenvalue weighted by Crippen LogP contribution is -2.52. The summed E-state index contributed by atoms with van der Waals surface area (Å²) >= 11 is 1.59. The van der Waals surface area contributed by atoms with Crippen molar-refractivity contribution in [3.63, 3.8) is 0 Å². The molecule has 8 aliphatic rings. The number of pyridine rings is 2. The van der Waals surface area contributed by atoms with Crippen molar-refractivity contribution >= 4 is 98.8 Å². The van der Waals surface area contributed by atoms with Gasteiger partial charge < -0.3 is 70.1 Å². The number of carbonyl (C=O) groups excluding carboxylic acids is 12. The smallest absolute Gasteiger partial charge is 0.322 e. The minimum atomic E-state index is -1.44. The van der Waals surface area contributed by atoms with Crippen LogP contribution in [0, 0.1) is 25.2 Å². The zero-order valence-electron chi connectivity index (χ0n) is 73.0. The molecule has 21 rings (SSSR count). The molecule has 0 radical (unpaired) electrons. The van der Waals surface area contributed by atoms with Crippen molar-refractivity contribution in [2.45, 2.75) is 62.2 Å². The van der Waals surface area contributed by atoms with Gasteiger partial charge in [-0.2, -0.15) is 5.26 Å². The van der Waals surface area contributed by atoms with Gasteiger partial charge in [0.2, 0.25) is 5.88 Å². The van der Waals surface area contributed by atoms with Crippen LogP contribution < -0.4 is 67.2 Å². The zero-order valence-corrected chi connectivity index (χ0v) is 73.9. The predicted molar refractivity (Wildman–Crippen MR) is 489 cm³/mol. The molecule has 10 N–H and O–H groups in total. The fourth-order valence-corrected chi connectivity index (χ4v) is 18.8. The molecule has 13 aromatic rings. The number of aromatic nitrogens is 4. The molecule has 4 fully saturated rings. The van der Waals surface area contributed by atoms with E-state index in [-0.39, 0.29) is 55.7 Å². The second kappa shape index (κ2) is 35.4. The summed E-state index contributed by atoms with van der Waals surface area (Å²) in [5.41, 5.74) is 16.5. The monoisotopic (exact) mass is 1830 g/mol. The first-order valence-electron chi connectivity index (χ1n) is 42.3. The quantitative estimate of drug-likeness (QED) is 0.0320. The number of ether oxygens (including phenoxy) is 4. The largest absolute Gasteiger partial charge is 0.497 e. The molecule has 0 unspecified atom stereocenters. The Morgan fingerprint density at radius 3 is 1.10 bits per heavy atom. The first-order valence-corrected chi connectivity index (χ1v) is 43.1. The number of para-hydroxylation sites is 1. The summed E-state index contributed by atoms with van der Waals surface area (Å²) in [5, 5.41) is 34.1. The van der Waals surface area contributed by atoms with Crippen LogP contribution >= 0.6 is 11.3 Å². The molecule has 4 saturated heterocycles. The van der Waals surface area contributed by atoms with Crippen LogP contribution in [0.3, 0.4) is 0 Å². The average molecular weight is 1830 g/mol. The number of hydrogen-bond donors (Lipinski definition) is 9. The van der Waals surface area contributed by atoms with Crippen LogP contribution in [0.2, 0.25) is 0 Å². The molecule has 8 aliphatic heterocycles. The first-order chi connectivity index (χ1) is 65.1. The molecule has 16 amide bonds. The number of anilines is 1. The number of thiazole rings is 1. The first kappa shape index (κ1) is 88.2. The summed E-state index contributed by atoms with van der Waals surface area (Å²) in [7, 11) is 6.15. The van der Waals surface area contributed by atoms with Crippen LogP contribution in [0.25, 0.3) is 54.3 Å². The van der Waals surface area contributed by atoms with Crippen LogP contribution in [0.1, 0.15) is 103 Å². The minimum absolute atomic E-state index is 0.000879. The number of urea groups is 4. The zero-order chi connectivity index (χ0) is 94.5. The molecule has 0 aliphatic carbocycles. The van der Waals surface area contributed by atoms with Crippen molar-refractivity contribution in [2.75, 3.05) is 60.4 Å². The fraction of sp³-hybridized carbons (Fsp3) is 0.182. The maximum Gasteiger partial charge on any atom is 0.322 e. The van der Waals surface area contributed by atoms with Crippen molar-refractivity contribution in [3.05, 3.63) is 314 Å². The second-order valence-corrected chi connectivity index (χ2v) is 34.1. The highest BCUT2D eigenvalue weighted by atomic mass is 32.1. The average Bonchev–Trinajstić information content (AvgIpc) is 1.62. The maximum atomic E-state index is 13.2. The number of carbonyl (C=O) groups is 12. The summed E-state index contributed by atoms with van der Waals surface area (Å²) in [4.78, 5) is 173. The van der Waals surface area contributed by atoms with Crippen LogP contribution in [0.4, 0.5) is 25.1 Å². The molecule has 12 heterocycles. The van der Waals surface area contributed by atoms with Gasteiger partial charge in [-0.1, -0.05) is 145 Å². The third kappa shape index (κ3) is 16.5. The number of hydrogen-bond acceptors (Lipinski definition) is 24. The van der Waals surface area contributed by atoms with Crippen LogP contribution in [-0.2, 0) is 67.5 Å². The maximum absolute atomic E-state index is 13.2. The summed E-state index contributed by atoms with van der Waals surface area (Å²) < 4.78 is 27.1. The number of nitriles is 1. The van der Waals surface area contributed by atoms with Gasteiger partial charge >= 0.3 is 24.1 Å². The van der Waals surface area contributed by atoms with Crippen LogP contribution in [0.15, 0.2) is 235 Å². The number of nitrogens with two attached hydrogens (primary N) is 1. The number of imide groups is 4. The van der Waals surface area contributed by atoms with E-state index in [4.69, 9.17) is 39.5 Å². The third-order valence-corrected chi connectivity index (χ3v) is 26.0. The van der Waals surface area contributed by atoms with E-state index >= 15 is 0 Å². The predicted octanol–water partition coefficient (Wildman–Crippen LogP) is 10.7. The van der Waals surface area contributed by atoms with Crippen molar-refractivity contribution < 1.29 is 81.0 Å². The number of fused-ring (bicyclic) bond motifs is 5. The molecule has 676 valence electrons. The number of amides is 16. The van der Waals surface area contributed by atoms with Gasteiger partial charge in [0, 0.05) is 83.7 Å². The number of methoxy groups -OCH3 is 4. The van der Waals surface area contributed by atoms with Gasteiger partial charge in [0.25, 0.3) is 47.3 Å². The SMILES string of the molecule is COc1ccc2c(c1)C(=O)N(C[C@@]1(c3ccc(-c4c(C)noc4N)cc3)NC(=O)NC1=O)C2.COc1ccc2c(c1)C(=O)N(C[C@@]1(c3ccc(-c4ccc(C)cn4)cc3)NC(=O)NC1=O)C2.COc1ccc2c(c1)C(=O)N(C[C@@]1(c3ccc(-c4cncc(C#N)c4)cc3)NC(=O)NC1=O)C2.COc1ccc2c(c1)C(=O)N(C[C@@]1(c3ccc(-c4nc5ccccc5s4)cc3)NC(=O)NC1=O)C2. The van der Waals surface area contributed by atoms with Gasteiger partial charge in [-0.05, 0) is 148 Å². The summed E-state index contributed by atoms with van der Waals surface area (Å²) in [6, 6.07) is 63.2. The highest BCUT2D eigenvalue weighted by Crippen LogP contribution is 2.42. The molecule has 135 heavy (non-hydrogen) atoms. The van der Waals surface area contributed by atoms with Crippen molar-refractivity contribution in [2.24, 2.45) is 0 Å². The second-order valence-electron chi connectivity index (χ2n) is 33.1. The molecule has 0 spiro atoms. The number of rotatable bonds is 20. The highest BCUT2D eigenvalue weighted by Gasteiger charge is 2.55. The number of aryl methyl sites for hydroxylation is 2. The molecular formula is C99H82N18O17S. The van der Waals surface area contributed by atoms with Crippen LogP contribution in [-0.4, -0.2) is 166 Å². The Kier molecular flexibility index (Phi) is 23.1. The molecular weight excluding hydrogens is 1750 g/mol. The molecule has 35 nitrogen and oxygen atoms in total. The summed E-state index contributed by atoms with van der Waals surface area (Å²) in [6.45, 7) is 5.00. The molecule has 36 heteroatoms. The van der Waals surface area contributed by atoms with Gasteiger partial charge in [0.1, 0.15) is 34.1 Å². The number of nitrogens with one attached hydrogen (secondary N) is 8. The van der Waals surface area contributed by atoms with E-state index in [9.17, 15) is 57.5 Å². The van der Waals surface area contributed by atoms with Gasteiger partial charge in [-0.15, -0.1) is 11.3 Å². The van der Waals surface area contributed by atoms with E-state index in [1.807, 2.05) is 104 Å². The fourth-order valence-electron chi connectivity index (χ4n) is 17.8. The topological polar surface area (TPSA) is 465 Å². The van der Waals surface area contributed by atoms with Crippen molar-refractivity contribution in [1.29, 1.82) is 5.26 Å². The van der Waals surface area contributed by atoms with Crippen molar-refractivity contribution in [3.8, 4) is 73.1 Å². The van der Waals surface area contributed by atoms with Crippen LogP contribution in [0.5, 0.6) is 23.0 Å². The van der Waals surface area contributed by atoms with Gasteiger partial charge in [0.15, 0.2) is 22.2 Å². The number of benzene rings is 9. The Bertz CT molecular complexity index is 7100. The van der Waals surface area contributed by atoms with E-state index in [0.717, 1.165) is 76.6 Å². The standard InChI is InChI=1S/C26H20N4O4S.C25H19N5O4.C25H22N4O4.C23H21N5O5/c1-34-18-11-8-16-13-30(23(31)19(16)12-18)14-26(24(32)28-25(33)29-26)17-9-6-15(7-10-17)22-27-20-4-2-3-5-21(20)35-22;1-34-20-7-4-17-13-30(22(31)21(17)9-20)14-25(23(32)28-24(33)29-25)19-5-2-16(3-6-19)18-8-15(10-26)11-27-12-18;1-15-3-10-21(26-12-15)16-4-7-18(8-5-16)25(23(31)27-24(32)28-25)14-29-13-17-6-9-19(33-2)11-20(17)22(29)30;1-12-18(19(24)33-27-12)13-3-6-15(7-4-13)23(21(30)25-22(31)26-23)11-28-10-14-5-8-16(32-2)9-17(14)20(28)29/h2-12H,13-14H2,1H3,(H2,28,29,32,33);2-9,11-12H,13-14H2,1H3,(H2,28,29,32,33);3-12H,13-14H2,1-2H3,(H2,27,28,31,32);3-9H,10-11,24H2,1-2H3,(H2,25,26,30,31)/t26-;2*25-;23-/m0000/s1. The van der Waals surface area contributed by atoms with Crippen molar-refractivity contribution in [1.82, 2.24) is 82.2 Å². The van der Waals surface area contributed by atoms with E-state index < -0.39 is 69.9 Å². The molecule has 0 bridgehead atoms. The van der Waals surface area contributed by atoms with E-state index in [2.05, 4.69) is 63.7 Å². The lowest BCUT2D eigenvalue weighted by molar-refractivity contribution is -0.125.